The van der Waals surface area contributed by atoms with Gasteiger partial charge in [-0.1, -0.05) is 6.92 Å². The third kappa shape index (κ3) is 4.14. The van der Waals surface area contributed by atoms with Crippen molar-refractivity contribution in [2.24, 2.45) is 0 Å². The van der Waals surface area contributed by atoms with Crippen LogP contribution in [0.4, 0.5) is 0 Å². The highest BCUT2D eigenvalue weighted by Gasteiger charge is 2.16. The molecule has 0 bridgehead atoms. The van der Waals surface area contributed by atoms with Gasteiger partial charge in [0, 0.05) is 20.6 Å². The third-order valence-electron chi connectivity index (χ3n) is 2.60. The Morgan fingerprint density at radius 3 is 2.65 bits per heavy atom. The van der Waals surface area contributed by atoms with Gasteiger partial charge in [0.1, 0.15) is 5.76 Å². The van der Waals surface area contributed by atoms with Crippen molar-refractivity contribution in [2.75, 3.05) is 26.4 Å². The lowest BCUT2D eigenvalue weighted by Crippen LogP contribution is -2.32. The number of hydrogen-bond acceptors (Lipinski definition) is 4. The van der Waals surface area contributed by atoms with Gasteiger partial charge in [0.25, 0.3) is 0 Å². The Bertz CT molecular complexity index is 412. The molecule has 1 rings (SSSR count). The average Bonchev–Trinajstić information content (AvgIpc) is 2.77. The van der Waals surface area contributed by atoms with Crippen molar-refractivity contribution in [3.63, 3.8) is 0 Å². The normalized spacial score (nSPS) is 14.1. The first kappa shape index (κ1) is 14.2. The zero-order valence-corrected chi connectivity index (χ0v) is 11.3. The number of furan rings is 1. The van der Waals surface area contributed by atoms with E-state index in [9.17, 15) is 8.42 Å². The number of rotatable bonds is 7. The highest BCUT2D eigenvalue weighted by atomic mass is 32.2. The van der Waals surface area contributed by atoms with Crippen molar-refractivity contribution in [3.8, 4) is 0 Å². The molecule has 1 unspecified atom stereocenters. The molecule has 1 atom stereocenters. The van der Waals surface area contributed by atoms with Crippen LogP contribution in [-0.4, -0.2) is 39.1 Å². The van der Waals surface area contributed by atoms with E-state index in [4.69, 9.17) is 4.42 Å². The maximum Gasteiger partial charge on any atom is 0.214 e. The summed E-state index contributed by atoms with van der Waals surface area (Å²) in [6, 6.07) is 3.79. The minimum absolute atomic E-state index is 0.0716. The molecule has 17 heavy (non-hydrogen) atoms. The number of nitrogens with zero attached hydrogens (tertiary/aromatic N) is 1. The van der Waals surface area contributed by atoms with E-state index in [1.165, 1.54) is 4.31 Å². The molecule has 0 aliphatic carbocycles. The SMILES string of the molecule is CCC(NCCS(=O)(=O)N(C)C)c1ccco1. The van der Waals surface area contributed by atoms with Gasteiger partial charge in [-0.05, 0) is 18.6 Å². The van der Waals surface area contributed by atoms with Gasteiger partial charge in [-0.15, -0.1) is 0 Å². The van der Waals surface area contributed by atoms with Gasteiger partial charge in [-0.3, -0.25) is 0 Å². The highest BCUT2D eigenvalue weighted by molar-refractivity contribution is 7.89. The van der Waals surface area contributed by atoms with E-state index in [1.54, 1.807) is 20.4 Å². The molecule has 5 nitrogen and oxygen atoms in total. The second-order valence-corrected chi connectivity index (χ2v) is 6.33. The van der Waals surface area contributed by atoms with E-state index < -0.39 is 10.0 Å². The van der Waals surface area contributed by atoms with Gasteiger partial charge in [0.2, 0.25) is 10.0 Å². The lowest BCUT2D eigenvalue weighted by Gasteiger charge is -2.16. The minimum atomic E-state index is -3.13. The molecule has 0 fully saturated rings. The maximum absolute atomic E-state index is 11.5. The second-order valence-electron chi connectivity index (χ2n) is 4.03. The van der Waals surface area contributed by atoms with E-state index in [0.717, 1.165) is 12.2 Å². The lowest BCUT2D eigenvalue weighted by molar-refractivity contribution is 0.409. The van der Waals surface area contributed by atoms with Crippen LogP contribution in [0.2, 0.25) is 0 Å². The smallest absolute Gasteiger partial charge is 0.214 e. The van der Waals surface area contributed by atoms with Crippen LogP contribution in [0.25, 0.3) is 0 Å². The van der Waals surface area contributed by atoms with Crippen molar-refractivity contribution in [1.82, 2.24) is 9.62 Å². The Kier molecular flexibility index (Phi) is 5.17. The van der Waals surface area contributed by atoms with Crippen molar-refractivity contribution in [1.29, 1.82) is 0 Å². The van der Waals surface area contributed by atoms with Crippen LogP contribution in [0.15, 0.2) is 22.8 Å². The van der Waals surface area contributed by atoms with Gasteiger partial charge in [0.05, 0.1) is 18.1 Å². The summed E-state index contributed by atoms with van der Waals surface area (Å²) in [5.41, 5.74) is 0. The summed E-state index contributed by atoms with van der Waals surface area (Å²) in [4.78, 5) is 0. The predicted molar refractivity (Wildman–Crippen MR) is 67.2 cm³/mol. The van der Waals surface area contributed by atoms with Crippen LogP contribution in [0.5, 0.6) is 0 Å². The summed E-state index contributed by atoms with van der Waals surface area (Å²) in [6.45, 7) is 2.44. The first-order valence-electron chi connectivity index (χ1n) is 5.64. The first-order chi connectivity index (χ1) is 7.97. The standard InChI is InChI=1S/C11H20N2O3S/c1-4-10(11-6-5-8-16-11)12-7-9-17(14,15)13(2)3/h5-6,8,10,12H,4,7,9H2,1-3H3. The summed E-state index contributed by atoms with van der Waals surface area (Å²) < 4.78 is 29.6. The number of nitrogens with one attached hydrogen (secondary N) is 1. The molecule has 1 N–H and O–H groups in total. The predicted octanol–water partition coefficient (Wildman–Crippen LogP) is 1.21. The van der Waals surface area contributed by atoms with Gasteiger partial charge in [-0.2, -0.15) is 0 Å². The van der Waals surface area contributed by atoms with E-state index in [0.29, 0.717) is 6.54 Å². The molecule has 0 aromatic carbocycles. The summed E-state index contributed by atoms with van der Waals surface area (Å²) in [5.74, 6) is 0.937. The lowest BCUT2D eigenvalue weighted by atomic mass is 10.2. The van der Waals surface area contributed by atoms with Gasteiger partial charge in [0.15, 0.2) is 0 Å². The van der Waals surface area contributed by atoms with Gasteiger partial charge in [-0.25, -0.2) is 12.7 Å². The minimum Gasteiger partial charge on any atom is -0.468 e. The number of hydrogen-bond donors (Lipinski definition) is 1. The Balaban J connectivity index is 2.45. The van der Waals surface area contributed by atoms with Crippen molar-refractivity contribution >= 4 is 10.0 Å². The molecule has 0 spiro atoms. The Morgan fingerprint density at radius 1 is 1.47 bits per heavy atom. The zero-order chi connectivity index (χ0) is 12.9. The van der Waals surface area contributed by atoms with Crippen LogP contribution < -0.4 is 5.32 Å². The molecule has 1 aromatic rings. The maximum atomic E-state index is 11.5. The molecule has 6 heteroatoms. The molecule has 98 valence electrons. The average molecular weight is 260 g/mol. The van der Waals surface area contributed by atoms with Crippen molar-refractivity contribution in [2.45, 2.75) is 19.4 Å². The second kappa shape index (κ2) is 6.18. The fraction of sp³-hybridized carbons (Fsp3) is 0.636. The Morgan fingerprint density at radius 2 is 2.18 bits per heavy atom. The van der Waals surface area contributed by atoms with Crippen molar-refractivity contribution < 1.29 is 12.8 Å². The quantitative estimate of drug-likeness (QED) is 0.800. The first-order valence-corrected chi connectivity index (χ1v) is 7.25. The fourth-order valence-electron chi connectivity index (χ4n) is 1.48. The molecule has 1 aromatic heterocycles. The molecule has 1 heterocycles. The van der Waals surface area contributed by atoms with Crippen molar-refractivity contribution in [3.05, 3.63) is 24.2 Å². The van der Waals surface area contributed by atoms with Crippen LogP contribution in [-0.2, 0) is 10.0 Å². The highest BCUT2D eigenvalue weighted by Crippen LogP contribution is 2.16. The Hall–Kier alpha value is -0.850. The summed E-state index contributed by atoms with van der Waals surface area (Å²) in [5, 5.41) is 3.18. The monoisotopic (exact) mass is 260 g/mol. The molecule has 0 radical (unpaired) electrons. The van der Waals surface area contributed by atoms with Crippen LogP contribution in [0.3, 0.4) is 0 Å². The largest absolute Gasteiger partial charge is 0.468 e. The summed E-state index contributed by atoms with van der Waals surface area (Å²) >= 11 is 0. The molecular formula is C11H20N2O3S. The molecule has 0 saturated heterocycles. The van der Waals surface area contributed by atoms with Gasteiger partial charge >= 0.3 is 0 Å². The zero-order valence-electron chi connectivity index (χ0n) is 10.5. The van der Waals surface area contributed by atoms with Gasteiger partial charge < -0.3 is 9.73 Å². The topological polar surface area (TPSA) is 62.6 Å². The Labute approximate surface area is 103 Å². The van der Waals surface area contributed by atoms with Crippen LogP contribution in [0, 0.1) is 0 Å². The summed E-state index contributed by atoms with van der Waals surface area (Å²) in [6.07, 6.45) is 2.48. The summed E-state index contributed by atoms with van der Waals surface area (Å²) in [7, 11) is -0.0490. The molecule has 0 aliphatic rings. The van der Waals surface area contributed by atoms with Crippen LogP contribution >= 0.6 is 0 Å². The van der Waals surface area contributed by atoms with Crippen LogP contribution in [0.1, 0.15) is 25.1 Å². The van der Waals surface area contributed by atoms with E-state index in [-0.39, 0.29) is 11.8 Å². The molecule has 0 aliphatic heterocycles. The third-order valence-corrected chi connectivity index (χ3v) is 4.43. The molecule has 0 amide bonds. The number of sulfonamides is 1. The van der Waals surface area contributed by atoms with E-state index in [1.807, 2.05) is 19.1 Å². The molecule has 0 saturated carbocycles. The van der Waals surface area contributed by atoms with E-state index >= 15 is 0 Å². The van der Waals surface area contributed by atoms with E-state index in [2.05, 4.69) is 5.32 Å². The molecular weight excluding hydrogens is 240 g/mol. The fourth-order valence-corrected chi connectivity index (χ4v) is 2.22.